The maximum Gasteiger partial charge on any atom is 0.0569 e. The Labute approximate surface area is 97.7 Å². The molecule has 3 nitrogen and oxygen atoms in total. The molecule has 1 aromatic heterocycles. The Morgan fingerprint density at radius 1 is 1.56 bits per heavy atom. The van der Waals surface area contributed by atoms with E-state index in [0.29, 0.717) is 0 Å². The van der Waals surface area contributed by atoms with Gasteiger partial charge in [-0.3, -0.25) is 4.98 Å². The van der Waals surface area contributed by atoms with E-state index >= 15 is 0 Å². The molecule has 1 saturated heterocycles. The summed E-state index contributed by atoms with van der Waals surface area (Å²) >= 11 is 0. The van der Waals surface area contributed by atoms with Crippen molar-refractivity contribution >= 4 is 5.69 Å². The molecule has 0 saturated carbocycles. The summed E-state index contributed by atoms with van der Waals surface area (Å²) in [6.07, 6.45) is 4.55. The van der Waals surface area contributed by atoms with E-state index in [1.165, 1.54) is 25.1 Å². The molecule has 2 unspecified atom stereocenters. The lowest BCUT2D eigenvalue weighted by molar-refractivity contribution is 0.569. The first-order valence-corrected chi connectivity index (χ1v) is 6.17. The molecule has 1 aliphatic heterocycles. The van der Waals surface area contributed by atoms with Crippen LogP contribution in [-0.4, -0.2) is 18.1 Å². The highest BCUT2D eigenvalue weighted by molar-refractivity contribution is 5.45. The highest BCUT2D eigenvalue weighted by Crippen LogP contribution is 2.25. The maximum atomic E-state index is 5.78. The Balaban J connectivity index is 2.05. The van der Waals surface area contributed by atoms with E-state index in [1.807, 2.05) is 19.2 Å². The molecule has 88 valence electrons. The minimum Gasteiger partial charge on any atom is -0.370 e. The number of hydrogen-bond donors (Lipinski definition) is 1. The van der Waals surface area contributed by atoms with Crippen LogP contribution < -0.4 is 10.6 Å². The number of pyridine rings is 1. The van der Waals surface area contributed by atoms with Crippen LogP contribution in [0.1, 0.15) is 38.4 Å². The van der Waals surface area contributed by atoms with Gasteiger partial charge in [0.1, 0.15) is 0 Å². The van der Waals surface area contributed by atoms with Gasteiger partial charge in [0, 0.05) is 19.1 Å². The van der Waals surface area contributed by atoms with Crippen LogP contribution >= 0.6 is 0 Å². The smallest absolute Gasteiger partial charge is 0.0569 e. The van der Waals surface area contributed by atoms with Crippen LogP contribution in [0.4, 0.5) is 5.69 Å². The summed E-state index contributed by atoms with van der Waals surface area (Å²) in [6.45, 7) is 6.57. The second kappa shape index (κ2) is 4.83. The molecule has 16 heavy (non-hydrogen) atoms. The monoisotopic (exact) mass is 219 g/mol. The molecule has 0 aromatic carbocycles. The third-order valence-electron chi connectivity index (χ3n) is 3.47. The Morgan fingerprint density at radius 3 is 2.88 bits per heavy atom. The van der Waals surface area contributed by atoms with Crippen molar-refractivity contribution in [2.45, 2.75) is 32.7 Å². The highest BCUT2D eigenvalue weighted by atomic mass is 15.2. The Hall–Kier alpha value is -1.09. The number of anilines is 1. The summed E-state index contributed by atoms with van der Waals surface area (Å²) in [5.74, 6) is 0.855. The first-order valence-electron chi connectivity index (χ1n) is 6.17. The van der Waals surface area contributed by atoms with Crippen LogP contribution in [0.5, 0.6) is 0 Å². The van der Waals surface area contributed by atoms with E-state index in [-0.39, 0.29) is 6.04 Å². The molecule has 0 spiro atoms. The van der Waals surface area contributed by atoms with Gasteiger partial charge in [-0.1, -0.05) is 13.3 Å². The molecule has 1 aliphatic rings. The molecule has 0 aliphatic carbocycles. The number of hydrogen-bond acceptors (Lipinski definition) is 3. The maximum absolute atomic E-state index is 5.78. The van der Waals surface area contributed by atoms with Crippen molar-refractivity contribution in [2.75, 3.05) is 18.0 Å². The van der Waals surface area contributed by atoms with Gasteiger partial charge in [-0.2, -0.15) is 0 Å². The summed E-state index contributed by atoms with van der Waals surface area (Å²) in [4.78, 5) is 6.83. The van der Waals surface area contributed by atoms with Gasteiger partial charge in [0.05, 0.1) is 17.6 Å². The van der Waals surface area contributed by atoms with E-state index < -0.39 is 0 Å². The predicted octanol–water partition coefficient (Wildman–Crippen LogP) is 2.34. The minimum absolute atomic E-state index is 0.0241. The van der Waals surface area contributed by atoms with Gasteiger partial charge < -0.3 is 10.6 Å². The first-order chi connectivity index (χ1) is 7.70. The van der Waals surface area contributed by atoms with Crippen molar-refractivity contribution in [2.24, 2.45) is 11.7 Å². The number of nitrogens with two attached hydrogens (primary N) is 1. The van der Waals surface area contributed by atoms with E-state index in [2.05, 4.69) is 22.9 Å². The van der Waals surface area contributed by atoms with Crippen molar-refractivity contribution in [1.82, 2.24) is 4.98 Å². The van der Waals surface area contributed by atoms with Crippen LogP contribution in [0.2, 0.25) is 0 Å². The Bertz CT molecular complexity index is 332. The van der Waals surface area contributed by atoms with Gasteiger partial charge in [-0.25, -0.2) is 0 Å². The van der Waals surface area contributed by atoms with Gasteiger partial charge >= 0.3 is 0 Å². The average Bonchev–Trinajstić information content (AvgIpc) is 2.77. The van der Waals surface area contributed by atoms with Gasteiger partial charge in [0.15, 0.2) is 0 Å². The van der Waals surface area contributed by atoms with Gasteiger partial charge in [0.25, 0.3) is 0 Å². The minimum atomic E-state index is 0.0241. The van der Waals surface area contributed by atoms with Crippen LogP contribution in [-0.2, 0) is 0 Å². The lowest BCUT2D eigenvalue weighted by atomic mass is 10.1. The third-order valence-corrected chi connectivity index (χ3v) is 3.47. The third kappa shape index (κ3) is 2.35. The molecule has 1 fully saturated rings. The van der Waals surface area contributed by atoms with Crippen LogP contribution in [0.25, 0.3) is 0 Å². The lowest BCUT2D eigenvalue weighted by Crippen LogP contribution is -2.20. The van der Waals surface area contributed by atoms with Crippen LogP contribution in [0.3, 0.4) is 0 Å². The van der Waals surface area contributed by atoms with Crippen LogP contribution in [0, 0.1) is 5.92 Å². The zero-order chi connectivity index (χ0) is 11.5. The van der Waals surface area contributed by atoms with E-state index in [4.69, 9.17) is 5.73 Å². The molecule has 0 radical (unpaired) electrons. The van der Waals surface area contributed by atoms with E-state index in [9.17, 15) is 0 Å². The van der Waals surface area contributed by atoms with E-state index in [0.717, 1.165) is 18.2 Å². The Morgan fingerprint density at radius 2 is 2.38 bits per heavy atom. The quantitative estimate of drug-likeness (QED) is 0.848. The zero-order valence-corrected chi connectivity index (χ0v) is 10.2. The topological polar surface area (TPSA) is 42.1 Å². The molecular formula is C13H21N3. The largest absolute Gasteiger partial charge is 0.370 e. The average molecular weight is 219 g/mol. The van der Waals surface area contributed by atoms with Crippen LogP contribution in [0.15, 0.2) is 18.3 Å². The summed E-state index contributed by atoms with van der Waals surface area (Å²) in [5, 5.41) is 0. The molecule has 1 aromatic rings. The molecular weight excluding hydrogens is 198 g/mol. The standard InChI is InChI=1S/C13H21N3/c1-3-11-6-7-16(9-11)12-4-5-13(10(2)14)15-8-12/h4-5,8,10-11H,3,6-7,9,14H2,1-2H3. The predicted molar refractivity (Wildman–Crippen MR) is 67.5 cm³/mol. The first kappa shape index (κ1) is 11.4. The van der Waals surface area contributed by atoms with Crippen molar-refractivity contribution in [1.29, 1.82) is 0 Å². The summed E-state index contributed by atoms with van der Waals surface area (Å²) in [6, 6.07) is 4.21. The second-order valence-corrected chi connectivity index (χ2v) is 4.74. The number of rotatable bonds is 3. The molecule has 2 atom stereocenters. The van der Waals surface area contributed by atoms with Crippen molar-refractivity contribution in [3.05, 3.63) is 24.0 Å². The van der Waals surface area contributed by atoms with Crippen molar-refractivity contribution < 1.29 is 0 Å². The Kier molecular flexibility index (Phi) is 3.44. The molecule has 2 rings (SSSR count). The molecule has 0 bridgehead atoms. The fourth-order valence-electron chi connectivity index (χ4n) is 2.25. The SMILES string of the molecule is CCC1CCN(c2ccc(C(C)N)nc2)C1. The van der Waals surface area contributed by atoms with Gasteiger partial charge in [-0.05, 0) is 31.4 Å². The summed E-state index contributed by atoms with van der Waals surface area (Å²) in [7, 11) is 0. The van der Waals surface area contributed by atoms with Gasteiger partial charge in [0.2, 0.25) is 0 Å². The van der Waals surface area contributed by atoms with E-state index in [1.54, 1.807) is 0 Å². The molecule has 0 amide bonds. The summed E-state index contributed by atoms with van der Waals surface area (Å²) in [5.41, 5.74) is 7.99. The number of aromatic nitrogens is 1. The van der Waals surface area contributed by atoms with Crippen molar-refractivity contribution in [3.8, 4) is 0 Å². The number of nitrogens with zero attached hydrogens (tertiary/aromatic N) is 2. The molecule has 2 heterocycles. The normalized spacial score (nSPS) is 22.4. The molecule has 2 N–H and O–H groups in total. The molecule has 3 heteroatoms. The lowest BCUT2D eigenvalue weighted by Gasteiger charge is -2.18. The fourth-order valence-corrected chi connectivity index (χ4v) is 2.25. The summed E-state index contributed by atoms with van der Waals surface area (Å²) < 4.78 is 0. The zero-order valence-electron chi connectivity index (χ0n) is 10.2. The second-order valence-electron chi connectivity index (χ2n) is 4.74. The van der Waals surface area contributed by atoms with Gasteiger partial charge in [-0.15, -0.1) is 0 Å². The highest BCUT2D eigenvalue weighted by Gasteiger charge is 2.21. The fraction of sp³-hybridized carbons (Fsp3) is 0.615. The van der Waals surface area contributed by atoms with Crippen molar-refractivity contribution in [3.63, 3.8) is 0 Å².